The number of hydrogen-bond donors (Lipinski definition) is 0. The first kappa shape index (κ1) is 62.1. The summed E-state index contributed by atoms with van der Waals surface area (Å²) >= 11 is 0. The molecule has 0 aliphatic heterocycles. The molecule has 4 aromatic rings. The van der Waals surface area contributed by atoms with Gasteiger partial charge in [-0.15, -0.1) is 0 Å². The molecular formula is C68H104O8. The lowest BCUT2D eigenvalue weighted by Crippen LogP contribution is -2.18. The molecule has 0 radical (unpaired) electrons. The fraction of sp³-hybridized carbons (Fsp3) is 0.647. The van der Waals surface area contributed by atoms with Crippen LogP contribution in [0.1, 0.15) is 230 Å². The van der Waals surface area contributed by atoms with Crippen LogP contribution in [0.2, 0.25) is 0 Å². The van der Waals surface area contributed by atoms with Crippen molar-refractivity contribution < 1.29 is 37.9 Å². The first-order chi connectivity index (χ1) is 36.2. The van der Waals surface area contributed by atoms with E-state index in [2.05, 4.69) is 159 Å². The number of benzene rings is 4. The van der Waals surface area contributed by atoms with E-state index in [4.69, 9.17) is 37.9 Å². The molecule has 0 fully saturated rings. The molecule has 1 aliphatic carbocycles. The van der Waals surface area contributed by atoms with Crippen molar-refractivity contribution in [1.29, 1.82) is 0 Å². The van der Waals surface area contributed by atoms with E-state index in [9.17, 15) is 0 Å². The topological polar surface area (TPSA) is 73.8 Å². The zero-order valence-electron chi connectivity index (χ0n) is 51.3. The van der Waals surface area contributed by atoms with Gasteiger partial charge in [-0.05, 0) is 97.3 Å². The Morgan fingerprint density at radius 1 is 0.276 bits per heavy atom. The van der Waals surface area contributed by atoms with Gasteiger partial charge in [0.2, 0.25) is 0 Å². The van der Waals surface area contributed by atoms with Gasteiger partial charge in [-0.25, -0.2) is 0 Å². The Balaban J connectivity index is 2.16. The number of hydrogen-bond acceptors (Lipinski definition) is 8. The summed E-state index contributed by atoms with van der Waals surface area (Å²) in [4.78, 5) is 0. The molecule has 0 heterocycles. The summed E-state index contributed by atoms with van der Waals surface area (Å²) in [6.45, 7) is 39.0. The Bertz CT molecular complexity index is 2080. The predicted octanol–water partition coefficient (Wildman–Crippen LogP) is 18.4. The SMILES string of the molecule is CC[C@H](C)COc1cc(OC)c2cc1[C@@H](CC(C)C)c1cc(c(OC[C@@H](C)CC)cc1OC)[C@@H](CC(C)C)c1cc(c(OC[C@@H](C)CC)cc1OC)[C@@H](CC(C)C)c1cc(c(OC[C@@H](C)CC)cc1OC)[C@H]2CC(C)C. The third kappa shape index (κ3) is 15.7. The van der Waals surface area contributed by atoms with Crippen LogP contribution in [0.4, 0.5) is 0 Å². The molecule has 0 unspecified atom stereocenters. The predicted molar refractivity (Wildman–Crippen MR) is 317 cm³/mol. The summed E-state index contributed by atoms with van der Waals surface area (Å²) in [7, 11) is 7.24. The van der Waals surface area contributed by atoms with Gasteiger partial charge in [0, 0.05) is 92.4 Å². The molecule has 76 heavy (non-hydrogen) atoms. The number of rotatable bonds is 28. The van der Waals surface area contributed by atoms with Crippen molar-refractivity contribution in [3.05, 3.63) is 93.0 Å². The summed E-state index contributed by atoms with van der Waals surface area (Å²) in [5.74, 6) is 8.81. The molecule has 1 aliphatic rings. The Kier molecular flexibility index (Phi) is 24.0. The highest BCUT2D eigenvalue weighted by Gasteiger charge is 2.36. The lowest BCUT2D eigenvalue weighted by Gasteiger charge is -2.33. The molecule has 0 saturated carbocycles. The molecule has 8 nitrogen and oxygen atoms in total. The Morgan fingerprint density at radius 3 is 0.592 bits per heavy atom. The zero-order valence-corrected chi connectivity index (χ0v) is 51.3. The lowest BCUT2D eigenvalue weighted by molar-refractivity contribution is 0.249. The fourth-order valence-corrected chi connectivity index (χ4v) is 10.7. The fourth-order valence-electron chi connectivity index (χ4n) is 10.7. The van der Waals surface area contributed by atoms with E-state index in [-0.39, 0.29) is 23.7 Å². The van der Waals surface area contributed by atoms with Crippen LogP contribution in [0.3, 0.4) is 0 Å². The second kappa shape index (κ2) is 29.3. The average molecular weight is 1050 g/mol. The van der Waals surface area contributed by atoms with E-state index >= 15 is 0 Å². The smallest absolute Gasteiger partial charge is 0.126 e. The minimum atomic E-state index is -0.127. The molecule has 0 N–H and O–H groups in total. The van der Waals surface area contributed by atoms with Crippen LogP contribution >= 0.6 is 0 Å². The lowest BCUT2D eigenvalue weighted by atomic mass is 9.75. The monoisotopic (exact) mass is 1050 g/mol. The van der Waals surface area contributed by atoms with Crippen LogP contribution in [0.15, 0.2) is 48.5 Å². The summed E-state index contributed by atoms with van der Waals surface area (Å²) in [5, 5.41) is 0. The van der Waals surface area contributed by atoms with Gasteiger partial charge < -0.3 is 37.9 Å². The number of fused-ring (bicyclic) bond motifs is 8. The minimum absolute atomic E-state index is 0.127. The first-order valence-corrected chi connectivity index (χ1v) is 29.6. The van der Waals surface area contributed by atoms with Crippen LogP contribution in [0.25, 0.3) is 0 Å². The summed E-state index contributed by atoms with van der Waals surface area (Å²) in [5.41, 5.74) is 8.96. The van der Waals surface area contributed by atoms with Gasteiger partial charge in [-0.1, -0.05) is 136 Å². The quantitative estimate of drug-likeness (QED) is 0.0557. The molecule has 4 aromatic carbocycles. The van der Waals surface area contributed by atoms with E-state index in [1.54, 1.807) is 0 Å². The van der Waals surface area contributed by atoms with E-state index < -0.39 is 0 Å². The molecule has 0 aromatic heterocycles. The van der Waals surface area contributed by atoms with Crippen molar-refractivity contribution in [2.24, 2.45) is 47.3 Å². The largest absolute Gasteiger partial charge is 0.496 e. The van der Waals surface area contributed by atoms with Crippen molar-refractivity contribution in [1.82, 2.24) is 0 Å². The Labute approximate surface area is 463 Å². The normalized spacial score (nSPS) is 18.1. The van der Waals surface area contributed by atoms with E-state index in [0.717, 1.165) is 142 Å². The van der Waals surface area contributed by atoms with Crippen molar-refractivity contribution in [2.45, 2.75) is 186 Å². The van der Waals surface area contributed by atoms with Gasteiger partial charge in [0.15, 0.2) is 0 Å². The molecule has 8 atom stereocenters. The Hall–Kier alpha value is -4.72. The van der Waals surface area contributed by atoms with Gasteiger partial charge in [0.1, 0.15) is 46.0 Å². The molecule has 0 spiro atoms. The summed E-state index contributed by atoms with van der Waals surface area (Å²) in [6.07, 6.45) is 7.43. The first-order valence-electron chi connectivity index (χ1n) is 29.6. The van der Waals surface area contributed by atoms with Crippen LogP contribution < -0.4 is 37.9 Å². The second-order valence-electron chi connectivity index (χ2n) is 24.6. The van der Waals surface area contributed by atoms with Gasteiger partial charge in [0.25, 0.3) is 0 Å². The molecule has 5 rings (SSSR count). The maximum Gasteiger partial charge on any atom is 0.126 e. The third-order valence-electron chi connectivity index (χ3n) is 16.2. The van der Waals surface area contributed by atoms with Crippen LogP contribution in [-0.2, 0) is 0 Å². The highest BCUT2D eigenvalue weighted by molar-refractivity contribution is 5.63. The van der Waals surface area contributed by atoms with Crippen molar-refractivity contribution in [2.75, 3.05) is 54.9 Å². The highest BCUT2D eigenvalue weighted by atomic mass is 16.5. The van der Waals surface area contributed by atoms with Crippen molar-refractivity contribution >= 4 is 0 Å². The van der Waals surface area contributed by atoms with E-state index in [1.165, 1.54) is 0 Å². The summed E-state index contributed by atoms with van der Waals surface area (Å²) < 4.78 is 54.7. The average Bonchev–Trinajstić information content (AvgIpc) is 3.40. The minimum Gasteiger partial charge on any atom is -0.496 e. The highest BCUT2D eigenvalue weighted by Crippen LogP contribution is 2.54. The van der Waals surface area contributed by atoms with Crippen molar-refractivity contribution in [3.8, 4) is 46.0 Å². The second-order valence-corrected chi connectivity index (χ2v) is 24.6. The third-order valence-corrected chi connectivity index (χ3v) is 16.2. The van der Waals surface area contributed by atoms with Crippen molar-refractivity contribution in [3.63, 3.8) is 0 Å². The molecule has 8 heteroatoms. The number of ether oxygens (including phenoxy) is 8. The molecule has 8 bridgehead atoms. The molecule has 0 saturated heterocycles. The number of methoxy groups -OCH3 is 4. The maximum absolute atomic E-state index is 7.09. The van der Waals surface area contributed by atoms with Gasteiger partial charge in [-0.2, -0.15) is 0 Å². The van der Waals surface area contributed by atoms with Gasteiger partial charge >= 0.3 is 0 Å². The molecular weight excluding hydrogens is 945 g/mol. The maximum atomic E-state index is 7.09. The van der Waals surface area contributed by atoms with Crippen LogP contribution in [-0.4, -0.2) is 54.9 Å². The van der Waals surface area contributed by atoms with E-state index in [1.807, 2.05) is 28.4 Å². The summed E-state index contributed by atoms with van der Waals surface area (Å²) in [6, 6.07) is 18.5. The Morgan fingerprint density at radius 2 is 0.447 bits per heavy atom. The van der Waals surface area contributed by atoms with Gasteiger partial charge in [-0.3, -0.25) is 0 Å². The zero-order chi connectivity index (χ0) is 56.0. The molecule has 424 valence electrons. The standard InChI is InChI=1S/C68H104O8/c1-21-45(13)37-73-65-33-61(69-17)53-29-57(65)49(25-41(5)6)54-30-58(66(34-62(54)70-18)74-38-46(14)22-2)51(27-43(9)10)56-32-60(68(36-64(56)72-20)76-40-48(16)24-4)52(28-44(11)12)55-31-59(50(53)26-42(7)8)67(35-63(55)71-19)75-39-47(15)23-3/h29-36,41-52H,21-28,37-40H2,1-20H3/t45-,46-,47-,48-,49-,50-,51-,52-/m0/s1. The van der Waals surface area contributed by atoms with Crippen LogP contribution in [0.5, 0.6) is 46.0 Å². The molecule has 0 amide bonds. The van der Waals surface area contributed by atoms with E-state index in [0.29, 0.717) is 73.8 Å². The van der Waals surface area contributed by atoms with Gasteiger partial charge in [0.05, 0.1) is 54.9 Å². The van der Waals surface area contributed by atoms with Crippen LogP contribution in [0, 0.1) is 47.3 Å².